The molecule has 0 radical (unpaired) electrons. The van der Waals surface area contributed by atoms with E-state index in [1.165, 1.54) is 0 Å². The summed E-state index contributed by atoms with van der Waals surface area (Å²) in [5, 5.41) is 12.1. The molecule has 3 aromatic heterocycles. The van der Waals surface area contributed by atoms with E-state index in [1.807, 2.05) is 79.8 Å². The van der Waals surface area contributed by atoms with Crippen molar-refractivity contribution in [1.82, 2.24) is 39.9 Å². The molecule has 4 aliphatic rings. The number of aromatic hydroxyl groups is 1. The molecule has 0 saturated carbocycles. The third-order valence-corrected chi connectivity index (χ3v) is 15.9. The highest BCUT2D eigenvalue weighted by molar-refractivity contribution is 7.95. The fraction of sp³-hybridized carbons (Fsp3) is 0.0870. The van der Waals surface area contributed by atoms with Crippen LogP contribution in [0.15, 0.2) is 113 Å². The predicted molar refractivity (Wildman–Crippen MR) is 266 cm³/mol. The third kappa shape index (κ3) is 7.41. The molecule has 0 fully saturated rings. The molecule has 2 aliphatic heterocycles. The zero-order chi connectivity index (χ0) is 48.4. The lowest BCUT2D eigenvalue weighted by Gasteiger charge is -2.23. The van der Waals surface area contributed by atoms with Crippen LogP contribution in [-0.2, 0) is 31.2 Å². The number of phenols is 1. The number of H-pyrrole nitrogens is 2. The maximum absolute atomic E-state index is 14.7. The molecular formula is C46H34N10O9S4. The Labute approximate surface area is 397 Å². The highest BCUT2D eigenvalue weighted by atomic mass is 32.2. The number of aromatic nitrogens is 8. The Morgan fingerprint density at radius 1 is 0.667 bits per heavy atom. The summed E-state index contributed by atoms with van der Waals surface area (Å²) in [5.74, 6) is 0.394. The van der Waals surface area contributed by atoms with Crippen LogP contribution in [0.3, 0.4) is 0 Å². The minimum atomic E-state index is -5.02. The van der Waals surface area contributed by atoms with Crippen molar-refractivity contribution >= 4 is 122 Å². The van der Waals surface area contributed by atoms with Crippen LogP contribution in [0.5, 0.6) is 5.75 Å². The molecule has 4 aromatic carbocycles. The van der Waals surface area contributed by atoms with Crippen LogP contribution in [0, 0.1) is 0 Å². The maximum Gasteiger partial charge on any atom is 0.296 e. The van der Waals surface area contributed by atoms with E-state index < -0.39 is 61.9 Å². The SMILES string of the molecule is CC1(SO)C=Cc2c(c3nc4nc(nc5[nH]c(nc6nc(nc2[nH]3)C2=C6C=CC(C)(S(=O)Nc3cc(S(=O)(=O)O)cc6cc(S(=O)(=O)O)c(N)c(O)c36)C=C2)c2ccccc52)-c2ccccc2-4)C=C1. The molecule has 5 heterocycles. The molecule has 2 aliphatic carbocycles. The number of phenolic OH excluding ortho intramolecular Hbond substituents is 1. The molecule has 11 rings (SSSR count). The molecule has 19 nitrogen and oxygen atoms in total. The normalized spacial score (nSPS) is 19.0. The first-order chi connectivity index (χ1) is 32.8. The van der Waals surface area contributed by atoms with E-state index in [1.54, 1.807) is 31.2 Å². The highest BCUT2D eigenvalue weighted by Gasteiger charge is 2.33. The van der Waals surface area contributed by atoms with Crippen molar-refractivity contribution in [3.63, 3.8) is 0 Å². The van der Waals surface area contributed by atoms with Crippen LogP contribution in [0.1, 0.15) is 36.6 Å². The van der Waals surface area contributed by atoms with Gasteiger partial charge in [0.05, 0.1) is 25.8 Å². The number of rotatable bonds is 6. The van der Waals surface area contributed by atoms with Crippen molar-refractivity contribution in [1.29, 1.82) is 0 Å². The molecule has 8 bridgehead atoms. The van der Waals surface area contributed by atoms with Crippen molar-refractivity contribution in [3.8, 4) is 28.5 Å². The molecular weight excluding hydrogens is 965 g/mol. The van der Waals surface area contributed by atoms with Crippen LogP contribution in [-0.4, -0.2) is 89.2 Å². The first kappa shape index (κ1) is 44.1. The number of hydrogen-bond acceptors (Lipinski definition) is 15. The Morgan fingerprint density at radius 2 is 1.17 bits per heavy atom. The molecule has 7 aromatic rings. The molecule has 69 heavy (non-hydrogen) atoms. The minimum Gasteiger partial charge on any atom is -0.505 e. The van der Waals surface area contributed by atoms with Gasteiger partial charge in [-0.05, 0) is 37.4 Å². The van der Waals surface area contributed by atoms with Gasteiger partial charge in [-0.2, -0.15) is 16.8 Å². The summed E-state index contributed by atoms with van der Waals surface area (Å²) in [4.78, 5) is 35.3. The highest BCUT2D eigenvalue weighted by Crippen LogP contribution is 2.44. The van der Waals surface area contributed by atoms with Gasteiger partial charge in [0.2, 0.25) is 0 Å². The van der Waals surface area contributed by atoms with Gasteiger partial charge >= 0.3 is 0 Å². The second-order valence-electron chi connectivity index (χ2n) is 16.7. The summed E-state index contributed by atoms with van der Waals surface area (Å²) in [6.07, 6.45) is 14.0. The largest absolute Gasteiger partial charge is 0.505 e. The summed E-state index contributed by atoms with van der Waals surface area (Å²) in [6, 6.07) is 17.8. The average molecular weight is 999 g/mol. The standard InChI is InChI=1S/C46H34N10O9S4/c1-45(66-58)15-11-28-29(12-16-45)42-53-41(28)51-39-26-9-5-3-7-24(26)37(49-39)48-38-25-8-4-6-10-27(25)40(50-38)52-43-30-13-17-46(2,18-14-31(30)44(54-42)55-43)67(59)56-32-21-23(68(60,61)62)19-22-20-33(69(63,64)65)35(47)36(57)34(22)32/h3-21,56-58H,47H2,1-2H3,(H,60,61,62)(H,63,64,65)(H2,48,49,50,51,52,53,54,55). The fourth-order valence-electron chi connectivity index (χ4n) is 8.41. The summed E-state index contributed by atoms with van der Waals surface area (Å²) in [7, 11) is -12.2. The monoisotopic (exact) mass is 998 g/mol. The number of nitrogen functional groups attached to an aromatic ring is 1. The Morgan fingerprint density at radius 3 is 1.72 bits per heavy atom. The first-order valence-electron chi connectivity index (χ1n) is 20.6. The zero-order valence-electron chi connectivity index (χ0n) is 35.7. The molecule has 9 N–H and O–H groups in total. The van der Waals surface area contributed by atoms with Crippen LogP contribution in [0.4, 0.5) is 11.4 Å². The number of benzene rings is 4. The van der Waals surface area contributed by atoms with E-state index in [0.717, 1.165) is 40.1 Å². The van der Waals surface area contributed by atoms with Crippen molar-refractivity contribution in [3.05, 3.63) is 126 Å². The Bertz CT molecular complexity index is 4090. The molecule has 0 saturated heterocycles. The number of anilines is 2. The lowest BCUT2D eigenvalue weighted by molar-refractivity contribution is 0.473. The lowest BCUT2D eigenvalue weighted by atomic mass is 10.1. The summed E-state index contributed by atoms with van der Waals surface area (Å²) in [5.41, 5.74) is 10.3. The van der Waals surface area contributed by atoms with Gasteiger partial charge in [-0.25, -0.2) is 34.1 Å². The molecule has 3 unspecified atom stereocenters. The summed E-state index contributed by atoms with van der Waals surface area (Å²) in [6.45, 7) is 3.46. The second-order valence-corrected chi connectivity index (χ2v) is 22.2. The number of hydrogen-bond donors (Lipinski definition) is 8. The van der Waals surface area contributed by atoms with Crippen molar-refractivity contribution in [2.45, 2.75) is 33.1 Å². The Kier molecular flexibility index (Phi) is 9.96. The van der Waals surface area contributed by atoms with Crippen molar-refractivity contribution in [2.24, 2.45) is 0 Å². The third-order valence-electron chi connectivity index (χ3n) is 12.1. The van der Waals surface area contributed by atoms with Crippen molar-refractivity contribution < 1.29 is 39.8 Å². The van der Waals surface area contributed by atoms with Gasteiger partial charge in [0, 0.05) is 61.6 Å². The number of nitrogens with zero attached hydrogens (tertiary/aromatic N) is 6. The molecule has 0 spiro atoms. The van der Waals surface area contributed by atoms with Gasteiger partial charge in [0.25, 0.3) is 20.2 Å². The van der Waals surface area contributed by atoms with Gasteiger partial charge < -0.3 is 30.1 Å². The number of aromatic amines is 2. The lowest BCUT2D eigenvalue weighted by Crippen LogP contribution is -2.30. The first-order valence-corrected chi connectivity index (χ1v) is 25.4. The second kappa shape index (κ2) is 15.6. The molecule has 346 valence electrons. The van der Waals surface area contributed by atoms with Crippen LogP contribution in [0.25, 0.3) is 90.2 Å². The molecule has 0 amide bonds. The van der Waals surface area contributed by atoms with E-state index in [2.05, 4.69) is 14.7 Å². The molecule has 3 atom stereocenters. The van der Waals surface area contributed by atoms with Gasteiger partial charge in [0.1, 0.15) is 44.2 Å². The van der Waals surface area contributed by atoms with Crippen LogP contribution < -0.4 is 10.5 Å². The van der Waals surface area contributed by atoms with E-state index >= 15 is 0 Å². The number of nitrogens with one attached hydrogen (secondary N) is 3. The van der Waals surface area contributed by atoms with Crippen LogP contribution >= 0.6 is 12.0 Å². The van der Waals surface area contributed by atoms with E-state index in [4.69, 9.17) is 35.6 Å². The smallest absolute Gasteiger partial charge is 0.296 e. The predicted octanol–water partition coefficient (Wildman–Crippen LogP) is 7.89. The van der Waals surface area contributed by atoms with Gasteiger partial charge in [0.15, 0.2) is 23.3 Å². The van der Waals surface area contributed by atoms with E-state index in [-0.39, 0.29) is 28.1 Å². The topological polar surface area (TPSA) is 313 Å². The summed E-state index contributed by atoms with van der Waals surface area (Å²) < 4.78 is 94.5. The Hall–Kier alpha value is -7.38. The number of nitrogens with two attached hydrogens (primary N) is 1. The van der Waals surface area contributed by atoms with E-state index in [0.29, 0.717) is 68.6 Å². The van der Waals surface area contributed by atoms with Gasteiger partial charge in [-0.15, -0.1) is 0 Å². The van der Waals surface area contributed by atoms with E-state index in [9.17, 15) is 39.8 Å². The fourth-order valence-corrected chi connectivity index (χ4v) is 10.8. The average Bonchev–Trinajstić information content (AvgIpc) is 3.96. The molecule has 23 heteroatoms. The zero-order valence-corrected chi connectivity index (χ0v) is 39.0. The number of allylic oxidation sites excluding steroid dienone is 4. The van der Waals surface area contributed by atoms with Gasteiger partial charge in [-0.3, -0.25) is 9.11 Å². The Balaban J connectivity index is 1.12. The minimum absolute atomic E-state index is 0.207. The van der Waals surface area contributed by atoms with Crippen molar-refractivity contribution in [2.75, 3.05) is 10.5 Å². The van der Waals surface area contributed by atoms with Crippen LogP contribution in [0.2, 0.25) is 0 Å². The number of fused-ring (bicyclic) bond motifs is 20. The summed E-state index contributed by atoms with van der Waals surface area (Å²) >= 11 is 0.669. The van der Waals surface area contributed by atoms with Gasteiger partial charge in [-0.1, -0.05) is 97.1 Å². The quantitative estimate of drug-likeness (QED) is 0.0340. The maximum atomic E-state index is 14.7.